The number of benzene rings is 2. The van der Waals surface area contributed by atoms with Gasteiger partial charge in [-0.1, -0.05) is 17.7 Å². The van der Waals surface area contributed by atoms with Gasteiger partial charge in [0.25, 0.3) is 0 Å². The molecule has 1 fully saturated rings. The summed E-state index contributed by atoms with van der Waals surface area (Å²) in [7, 11) is -2.15. The van der Waals surface area contributed by atoms with Gasteiger partial charge < -0.3 is 10.1 Å². The highest BCUT2D eigenvalue weighted by Gasteiger charge is 2.28. The molecule has 0 spiro atoms. The molecule has 0 radical (unpaired) electrons. The summed E-state index contributed by atoms with van der Waals surface area (Å²) in [6.07, 6.45) is 2.89. The lowest BCUT2D eigenvalue weighted by Crippen LogP contribution is -2.33. The zero-order valence-electron chi connectivity index (χ0n) is 17.4. The Hall–Kier alpha value is -2.27. The van der Waals surface area contributed by atoms with Crippen LogP contribution in [-0.4, -0.2) is 36.7 Å². The summed E-state index contributed by atoms with van der Waals surface area (Å²) in [6, 6.07) is 10.0. The lowest BCUT2D eigenvalue weighted by molar-refractivity contribution is -0.121. The second-order valence-electron chi connectivity index (χ2n) is 7.79. The van der Waals surface area contributed by atoms with Crippen LogP contribution in [0, 0.1) is 11.8 Å². The quantitative estimate of drug-likeness (QED) is 0.512. The van der Waals surface area contributed by atoms with Gasteiger partial charge in [0, 0.05) is 17.5 Å². The second-order valence-corrected chi connectivity index (χ2v) is 10.5. The molecule has 4 rings (SSSR count). The number of rotatable bonds is 7. The molecule has 32 heavy (non-hydrogen) atoms. The SMILES string of the molecule is COc1ccc(Cl)cc1NC(=O)C1CCC(CNS(=O)(=O)c2cccc3nsnc23)CC1. The summed E-state index contributed by atoms with van der Waals surface area (Å²) in [4.78, 5) is 12.9. The molecule has 1 aliphatic carbocycles. The number of hydrogen-bond acceptors (Lipinski definition) is 7. The van der Waals surface area contributed by atoms with Crippen molar-refractivity contribution in [1.82, 2.24) is 13.5 Å². The maximum atomic E-state index is 12.8. The first kappa shape index (κ1) is 22.9. The maximum Gasteiger partial charge on any atom is 0.242 e. The second kappa shape index (κ2) is 9.70. The number of amides is 1. The highest BCUT2D eigenvalue weighted by molar-refractivity contribution is 7.89. The summed E-state index contributed by atoms with van der Waals surface area (Å²) >= 11 is 7.02. The van der Waals surface area contributed by atoms with Crippen LogP contribution in [-0.2, 0) is 14.8 Å². The monoisotopic (exact) mass is 494 g/mol. The fourth-order valence-corrected chi connectivity index (χ4v) is 6.00. The highest BCUT2D eigenvalue weighted by atomic mass is 35.5. The number of ether oxygens (including phenoxy) is 1. The first-order valence-corrected chi connectivity index (χ1v) is 12.8. The Morgan fingerprint density at radius 3 is 2.72 bits per heavy atom. The fourth-order valence-electron chi connectivity index (χ4n) is 3.94. The Kier molecular flexibility index (Phi) is 6.94. The van der Waals surface area contributed by atoms with Gasteiger partial charge in [-0.05, 0) is 61.9 Å². The smallest absolute Gasteiger partial charge is 0.242 e. The Morgan fingerprint density at radius 2 is 1.97 bits per heavy atom. The van der Waals surface area contributed by atoms with Gasteiger partial charge in [0.05, 0.1) is 24.5 Å². The molecular weight excluding hydrogens is 472 g/mol. The predicted octanol–water partition coefficient (Wildman–Crippen LogP) is 4.08. The standard InChI is InChI=1S/C21H23ClN4O4S2/c1-30-18-10-9-15(22)11-17(18)24-21(27)14-7-5-13(6-8-14)12-23-32(28,29)19-4-2-3-16-20(19)26-31-25-16/h2-4,9-11,13-14,23H,5-8,12H2,1H3,(H,24,27). The number of sulfonamides is 1. The van der Waals surface area contributed by atoms with Crippen molar-refractivity contribution in [3.05, 3.63) is 41.4 Å². The van der Waals surface area contributed by atoms with E-state index in [2.05, 4.69) is 18.8 Å². The van der Waals surface area contributed by atoms with Gasteiger partial charge in [0.15, 0.2) is 0 Å². The number of fused-ring (bicyclic) bond motifs is 1. The Bertz CT molecular complexity index is 1220. The Morgan fingerprint density at radius 1 is 1.19 bits per heavy atom. The van der Waals surface area contributed by atoms with Gasteiger partial charge >= 0.3 is 0 Å². The number of aromatic nitrogens is 2. The number of halogens is 1. The highest BCUT2D eigenvalue weighted by Crippen LogP contribution is 2.32. The van der Waals surface area contributed by atoms with Gasteiger partial charge in [-0.2, -0.15) is 8.75 Å². The third-order valence-electron chi connectivity index (χ3n) is 5.74. The van der Waals surface area contributed by atoms with Crippen molar-refractivity contribution in [2.75, 3.05) is 19.0 Å². The number of anilines is 1. The Balaban J connectivity index is 1.32. The van der Waals surface area contributed by atoms with E-state index in [0.717, 1.165) is 24.6 Å². The summed E-state index contributed by atoms with van der Waals surface area (Å²) in [5.41, 5.74) is 1.51. The number of methoxy groups -OCH3 is 1. The Labute approximate surface area is 195 Å². The number of nitrogens with zero attached hydrogens (tertiary/aromatic N) is 2. The van der Waals surface area contributed by atoms with Crippen LogP contribution in [0.15, 0.2) is 41.3 Å². The molecule has 8 nitrogen and oxygen atoms in total. The topological polar surface area (TPSA) is 110 Å². The van der Waals surface area contributed by atoms with E-state index < -0.39 is 10.0 Å². The van der Waals surface area contributed by atoms with Gasteiger partial charge in [-0.25, -0.2) is 13.1 Å². The molecule has 3 aromatic rings. The van der Waals surface area contributed by atoms with Gasteiger partial charge in [0.2, 0.25) is 15.9 Å². The predicted molar refractivity (Wildman–Crippen MR) is 125 cm³/mol. The van der Waals surface area contributed by atoms with Crippen molar-refractivity contribution in [2.24, 2.45) is 11.8 Å². The van der Waals surface area contributed by atoms with Crippen LogP contribution in [0.3, 0.4) is 0 Å². The molecule has 0 saturated heterocycles. The minimum atomic E-state index is -3.69. The van der Waals surface area contributed by atoms with Crippen molar-refractivity contribution in [3.63, 3.8) is 0 Å². The molecule has 11 heteroatoms. The normalized spacial score (nSPS) is 19.1. The number of carbonyl (C=O) groups is 1. The molecule has 0 bridgehead atoms. The molecule has 1 aliphatic rings. The zero-order chi connectivity index (χ0) is 22.7. The first-order valence-electron chi connectivity index (χ1n) is 10.2. The minimum absolute atomic E-state index is 0.0766. The van der Waals surface area contributed by atoms with Crippen molar-refractivity contribution in [2.45, 2.75) is 30.6 Å². The molecule has 0 atom stereocenters. The third-order valence-corrected chi connectivity index (χ3v) is 7.97. The van der Waals surface area contributed by atoms with Crippen LogP contribution in [0.4, 0.5) is 5.69 Å². The summed E-state index contributed by atoms with van der Waals surface area (Å²) < 4.78 is 41.8. The van der Waals surface area contributed by atoms with Crippen molar-refractivity contribution in [1.29, 1.82) is 0 Å². The lowest BCUT2D eigenvalue weighted by atomic mass is 9.81. The van der Waals surface area contributed by atoms with E-state index in [1.807, 2.05) is 0 Å². The summed E-state index contributed by atoms with van der Waals surface area (Å²) in [5, 5.41) is 3.42. The molecular formula is C21H23ClN4O4S2. The van der Waals surface area contributed by atoms with Crippen molar-refractivity contribution < 1.29 is 17.9 Å². The van der Waals surface area contributed by atoms with E-state index in [9.17, 15) is 13.2 Å². The molecule has 1 aromatic heterocycles. The van der Waals surface area contributed by atoms with E-state index in [-0.39, 0.29) is 22.6 Å². The molecule has 2 aromatic carbocycles. The van der Waals surface area contributed by atoms with Crippen LogP contribution in [0.5, 0.6) is 5.75 Å². The molecule has 0 aliphatic heterocycles. The molecule has 1 amide bonds. The van der Waals surface area contributed by atoms with Crippen LogP contribution >= 0.6 is 23.3 Å². The number of nitrogens with one attached hydrogen (secondary N) is 2. The molecule has 1 heterocycles. The van der Waals surface area contributed by atoms with Crippen molar-refractivity contribution in [3.8, 4) is 5.75 Å². The van der Waals surface area contributed by atoms with E-state index in [0.29, 0.717) is 46.9 Å². The van der Waals surface area contributed by atoms with E-state index in [1.165, 1.54) is 13.2 Å². The maximum absolute atomic E-state index is 12.8. The van der Waals surface area contributed by atoms with Gasteiger partial charge in [-0.15, -0.1) is 0 Å². The third kappa shape index (κ3) is 5.03. The average Bonchev–Trinajstić information content (AvgIpc) is 3.27. The molecule has 170 valence electrons. The van der Waals surface area contributed by atoms with E-state index in [1.54, 1.807) is 30.3 Å². The van der Waals surface area contributed by atoms with Crippen LogP contribution < -0.4 is 14.8 Å². The average molecular weight is 495 g/mol. The summed E-state index contributed by atoms with van der Waals surface area (Å²) in [5.74, 6) is 0.507. The largest absolute Gasteiger partial charge is 0.495 e. The minimum Gasteiger partial charge on any atom is -0.495 e. The van der Waals surface area contributed by atoms with Crippen LogP contribution in [0.2, 0.25) is 5.02 Å². The molecule has 0 unspecified atom stereocenters. The molecule has 2 N–H and O–H groups in total. The van der Waals surface area contributed by atoms with Crippen LogP contribution in [0.25, 0.3) is 11.0 Å². The first-order chi connectivity index (χ1) is 15.4. The summed E-state index contributed by atoms with van der Waals surface area (Å²) in [6.45, 7) is 0.326. The fraction of sp³-hybridized carbons (Fsp3) is 0.381. The van der Waals surface area contributed by atoms with E-state index >= 15 is 0 Å². The number of carbonyl (C=O) groups excluding carboxylic acids is 1. The van der Waals surface area contributed by atoms with Crippen molar-refractivity contribution >= 4 is 56.0 Å². The number of hydrogen-bond donors (Lipinski definition) is 2. The lowest BCUT2D eigenvalue weighted by Gasteiger charge is -2.28. The molecule has 1 saturated carbocycles. The van der Waals surface area contributed by atoms with Gasteiger partial charge in [0.1, 0.15) is 21.7 Å². The van der Waals surface area contributed by atoms with Crippen LogP contribution in [0.1, 0.15) is 25.7 Å². The van der Waals surface area contributed by atoms with Gasteiger partial charge in [-0.3, -0.25) is 4.79 Å². The zero-order valence-corrected chi connectivity index (χ0v) is 19.8. The van der Waals surface area contributed by atoms with E-state index in [4.69, 9.17) is 16.3 Å².